The Bertz CT molecular complexity index is 873. The van der Waals surface area contributed by atoms with Gasteiger partial charge in [-0.1, -0.05) is 12.1 Å². The Morgan fingerprint density at radius 2 is 1.84 bits per heavy atom. The SMILES string of the molecule is CC(NS(C)(=O)=O)C(=O)N1CCN(c2ncnc3ccccc23)CC1. The number of benzene rings is 1. The van der Waals surface area contributed by atoms with Crippen LogP contribution in [0.25, 0.3) is 10.9 Å². The van der Waals surface area contributed by atoms with E-state index in [2.05, 4.69) is 19.6 Å². The number of carbonyl (C=O) groups is 1. The van der Waals surface area contributed by atoms with Gasteiger partial charge in [0.25, 0.3) is 0 Å². The van der Waals surface area contributed by atoms with Crippen LogP contribution in [0.2, 0.25) is 0 Å². The normalized spacial score (nSPS) is 16.9. The number of para-hydroxylation sites is 1. The van der Waals surface area contributed by atoms with Gasteiger partial charge in [-0.2, -0.15) is 0 Å². The van der Waals surface area contributed by atoms with Crippen LogP contribution in [-0.4, -0.2) is 67.7 Å². The lowest BCUT2D eigenvalue weighted by Crippen LogP contribution is -2.54. The van der Waals surface area contributed by atoms with Gasteiger partial charge in [-0.3, -0.25) is 4.79 Å². The van der Waals surface area contributed by atoms with Gasteiger partial charge in [0.15, 0.2) is 0 Å². The third kappa shape index (κ3) is 4.05. The van der Waals surface area contributed by atoms with E-state index in [9.17, 15) is 13.2 Å². The molecule has 1 aromatic carbocycles. The van der Waals surface area contributed by atoms with E-state index in [1.54, 1.807) is 18.2 Å². The summed E-state index contributed by atoms with van der Waals surface area (Å²) in [5.41, 5.74) is 0.886. The summed E-state index contributed by atoms with van der Waals surface area (Å²) in [4.78, 5) is 24.9. The fraction of sp³-hybridized carbons (Fsp3) is 0.438. The largest absolute Gasteiger partial charge is 0.352 e. The highest BCUT2D eigenvalue weighted by Gasteiger charge is 2.27. The van der Waals surface area contributed by atoms with Crippen molar-refractivity contribution in [1.82, 2.24) is 19.6 Å². The first kappa shape index (κ1) is 17.6. The highest BCUT2D eigenvalue weighted by Crippen LogP contribution is 2.23. The number of hydrogen-bond donors (Lipinski definition) is 1. The Labute approximate surface area is 146 Å². The number of sulfonamides is 1. The molecular weight excluding hydrogens is 342 g/mol. The number of rotatable bonds is 4. The second-order valence-electron chi connectivity index (χ2n) is 6.14. The highest BCUT2D eigenvalue weighted by atomic mass is 32.2. The van der Waals surface area contributed by atoms with Crippen molar-refractivity contribution in [1.29, 1.82) is 0 Å². The lowest BCUT2D eigenvalue weighted by Gasteiger charge is -2.36. The molecule has 25 heavy (non-hydrogen) atoms. The lowest BCUT2D eigenvalue weighted by molar-refractivity contribution is -0.132. The van der Waals surface area contributed by atoms with Crippen molar-refractivity contribution in [2.75, 3.05) is 37.3 Å². The molecule has 134 valence electrons. The van der Waals surface area contributed by atoms with E-state index >= 15 is 0 Å². The van der Waals surface area contributed by atoms with Crippen molar-refractivity contribution in [2.24, 2.45) is 0 Å². The number of hydrogen-bond acceptors (Lipinski definition) is 6. The van der Waals surface area contributed by atoms with Crippen LogP contribution in [0.3, 0.4) is 0 Å². The summed E-state index contributed by atoms with van der Waals surface area (Å²) < 4.78 is 24.9. The van der Waals surface area contributed by atoms with Gasteiger partial charge >= 0.3 is 0 Å². The van der Waals surface area contributed by atoms with Gasteiger partial charge in [-0.25, -0.2) is 23.1 Å². The van der Waals surface area contributed by atoms with Crippen LogP contribution in [0.5, 0.6) is 0 Å². The minimum atomic E-state index is -3.41. The zero-order chi connectivity index (χ0) is 18.0. The number of fused-ring (bicyclic) bond motifs is 1. The van der Waals surface area contributed by atoms with Crippen LogP contribution < -0.4 is 9.62 Å². The van der Waals surface area contributed by atoms with E-state index in [1.165, 1.54) is 0 Å². The van der Waals surface area contributed by atoms with E-state index < -0.39 is 16.1 Å². The minimum absolute atomic E-state index is 0.211. The smallest absolute Gasteiger partial charge is 0.240 e. The van der Waals surface area contributed by atoms with E-state index in [4.69, 9.17) is 0 Å². The van der Waals surface area contributed by atoms with Gasteiger partial charge in [-0.15, -0.1) is 0 Å². The van der Waals surface area contributed by atoms with Crippen LogP contribution in [0, 0.1) is 0 Å². The molecule has 1 saturated heterocycles. The summed E-state index contributed by atoms with van der Waals surface area (Å²) in [6.45, 7) is 3.88. The summed E-state index contributed by atoms with van der Waals surface area (Å²) in [5.74, 6) is 0.651. The monoisotopic (exact) mass is 363 g/mol. The Balaban J connectivity index is 1.68. The maximum atomic E-state index is 12.4. The quantitative estimate of drug-likeness (QED) is 0.835. The van der Waals surface area contributed by atoms with Gasteiger partial charge in [0.2, 0.25) is 15.9 Å². The molecule has 0 aliphatic carbocycles. The predicted molar refractivity (Wildman–Crippen MR) is 95.8 cm³/mol. The lowest BCUT2D eigenvalue weighted by atomic mass is 10.2. The van der Waals surface area contributed by atoms with Crippen LogP contribution in [0.1, 0.15) is 6.92 Å². The number of nitrogens with zero attached hydrogens (tertiary/aromatic N) is 4. The molecule has 3 rings (SSSR count). The maximum absolute atomic E-state index is 12.4. The number of aromatic nitrogens is 2. The first-order chi connectivity index (χ1) is 11.8. The van der Waals surface area contributed by atoms with Crippen LogP contribution >= 0.6 is 0 Å². The van der Waals surface area contributed by atoms with Gasteiger partial charge in [0, 0.05) is 31.6 Å². The van der Waals surface area contributed by atoms with Gasteiger partial charge in [0.1, 0.15) is 12.1 Å². The Morgan fingerprint density at radius 3 is 2.52 bits per heavy atom. The first-order valence-corrected chi connectivity index (χ1v) is 9.95. The molecule has 0 spiro atoms. The van der Waals surface area contributed by atoms with E-state index in [0.29, 0.717) is 26.2 Å². The average Bonchev–Trinajstić information content (AvgIpc) is 2.59. The molecule has 1 fully saturated rings. The van der Waals surface area contributed by atoms with Crippen molar-refractivity contribution in [2.45, 2.75) is 13.0 Å². The first-order valence-electron chi connectivity index (χ1n) is 8.06. The number of piperazine rings is 1. The van der Waals surface area contributed by atoms with Gasteiger partial charge < -0.3 is 9.80 Å². The molecule has 1 atom stereocenters. The molecule has 9 heteroatoms. The molecule has 8 nitrogen and oxygen atoms in total. The molecule has 1 aliphatic rings. The van der Waals surface area contributed by atoms with Crippen molar-refractivity contribution >= 4 is 32.7 Å². The zero-order valence-electron chi connectivity index (χ0n) is 14.2. The number of carbonyl (C=O) groups excluding carboxylic acids is 1. The summed E-state index contributed by atoms with van der Waals surface area (Å²) >= 11 is 0. The third-order valence-electron chi connectivity index (χ3n) is 4.17. The topological polar surface area (TPSA) is 95.5 Å². The van der Waals surface area contributed by atoms with Crippen LogP contribution in [0.15, 0.2) is 30.6 Å². The zero-order valence-corrected chi connectivity index (χ0v) is 15.0. The molecule has 2 aromatic rings. The molecule has 1 N–H and O–H groups in total. The fourth-order valence-corrected chi connectivity index (χ4v) is 3.77. The molecule has 1 aliphatic heterocycles. The summed E-state index contributed by atoms with van der Waals surface area (Å²) in [6, 6.07) is 7.06. The third-order valence-corrected chi connectivity index (χ3v) is 4.96. The maximum Gasteiger partial charge on any atom is 0.240 e. The summed E-state index contributed by atoms with van der Waals surface area (Å²) in [5, 5.41) is 0.983. The number of anilines is 1. The second-order valence-corrected chi connectivity index (χ2v) is 7.92. The molecule has 2 heterocycles. The van der Waals surface area contributed by atoms with Crippen molar-refractivity contribution in [3.05, 3.63) is 30.6 Å². The average molecular weight is 363 g/mol. The molecule has 1 amide bonds. The molecule has 0 saturated carbocycles. The minimum Gasteiger partial charge on any atom is -0.352 e. The van der Waals surface area contributed by atoms with Crippen molar-refractivity contribution in [3.8, 4) is 0 Å². The van der Waals surface area contributed by atoms with Crippen LogP contribution in [-0.2, 0) is 14.8 Å². The highest BCUT2D eigenvalue weighted by molar-refractivity contribution is 7.88. The van der Waals surface area contributed by atoms with Crippen LogP contribution in [0.4, 0.5) is 5.82 Å². The standard InChI is InChI=1S/C16H21N5O3S/c1-12(19-25(2,23)24)16(22)21-9-7-20(8-10-21)15-13-5-3-4-6-14(13)17-11-18-15/h3-6,11-12,19H,7-10H2,1-2H3. The number of nitrogens with one attached hydrogen (secondary N) is 1. The molecular formula is C16H21N5O3S. The van der Waals surface area contributed by atoms with Crippen molar-refractivity contribution in [3.63, 3.8) is 0 Å². The fourth-order valence-electron chi connectivity index (χ4n) is 3.03. The predicted octanol–water partition coefficient (Wildman–Crippen LogP) is 0.216. The van der Waals surface area contributed by atoms with Gasteiger partial charge in [0.05, 0.1) is 17.8 Å². The molecule has 1 unspecified atom stereocenters. The molecule has 0 bridgehead atoms. The summed E-state index contributed by atoms with van der Waals surface area (Å²) in [7, 11) is -3.41. The Morgan fingerprint density at radius 1 is 1.16 bits per heavy atom. The van der Waals surface area contributed by atoms with E-state index in [1.807, 2.05) is 24.3 Å². The number of amides is 1. The van der Waals surface area contributed by atoms with E-state index in [-0.39, 0.29) is 5.91 Å². The van der Waals surface area contributed by atoms with Crippen molar-refractivity contribution < 1.29 is 13.2 Å². The molecule has 1 aromatic heterocycles. The Kier molecular flexibility index (Phi) is 4.87. The van der Waals surface area contributed by atoms with E-state index in [0.717, 1.165) is 23.0 Å². The molecule has 0 radical (unpaired) electrons. The Hall–Kier alpha value is -2.26. The van der Waals surface area contributed by atoms with Gasteiger partial charge in [-0.05, 0) is 19.1 Å². The second kappa shape index (κ2) is 6.93. The summed E-state index contributed by atoms with van der Waals surface area (Å²) in [6.07, 6.45) is 2.60.